The molecule has 2 aromatic carbocycles. The van der Waals surface area contributed by atoms with Crippen LogP contribution in [0, 0.1) is 11.6 Å². The first kappa shape index (κ1) is 26.0. The quantitative estimate of drug-likeness (QED) is 0.281. The fraction of sp³-hybridized carbons (Fsp3) is 0.231. The zero-order chi connectivity index (χ0) is 25.9. The molecule has 0 radical (unpaired) electrons. The summed E-state index contributed by atoms with van der Waals surface area (Å²) in [4.78, 5) is 18.9. The highest BCUT2D eigenvalue weighted by atomic mass is 32.2. The Bertz CT molecular complexity index is 1440. The zero-order valence-electron chi connectivity index (χ0n) is 19.6. The Morgan fingerprint density at radius 3 is 2.58 bits per heavy atom. The minimum atomic E-state index is -3.83. The summed E-state index contributed by atoms with van der Waals surface area (Å²) in [5, 5.41) is 0. The van der Waals surface area contributed by atoms with Crippen molar-refractivity contribution in [2.45, 2.75) is 24.7 Å². The van der Waals surface area contributed by atoms with Crippen LogP contribution in [0.25, 0.3) is 16.7 Å². The smallest absolute Gasteiger partial charge is 0.232 e. The summed E-state index contributed by atoms with van der Waals surface area (Å²) in [5.74, 6) is -2.60. The van der Waals surface area contributed by atoms with Crippen LogP contribution >= 0.6 is 11.8 Å². The van der Waals surface area contributed by atoms with Gasteiger partial charge in [-0.05, 0) is 42.3 Å². The molecule has 0 saturated carbocycles. The van der Waals surface area contributed by atoms with Crippen molar-refractivity contribution in [2.24, 2.45) is 5.73 Å². The molecule has 0 amide bonds. The van der Waals surface area contributed by atoms with E-state index in [1.807, 2.05) is 24.3 Å². The molecule has 0 atom stereocenters. The van der Waals surface area contributed by atoms with Crippen LogP contribution in [-0.2, 0) is 16.4 Å². The van der Waals surface area contributed by atoms with E-state index < -0.39 is 38.7 Å². The van der Waals surface area contributed by atoms with Gasteiger partial charge in [0.1, 0.15) is 5.82 Å². The van der Waals surface area contributed by atoms with Gasteiger partial charge in [-0.1, -0.05) is 25.1 Å². The van der Waals surface area contributed by atoms with Gasteiger partial charge in [0, 0.05) is 46.5 Å². The van der Waals surface area contributed by atoms with Crippen LogP contribution in [0.15, 0.2) is 59.6 Å². The van der Waals surface area contributed by atoms with Crippen molar-refractivity contribution in [2.75, 3.05) is 22.8 Å². The van der Waals surface area contributed by atoms with Crippen molar-refractivity contribution in [3.63, 3.8) is 0 Å². The standard InChI is InChI=1S/C26H25F2N3O3S2/c1-2-13-36(33,34)31-23-10-8-21(27)24(25(23)28)26(32)19-7-9-22-20(19)14-17(15-30-22)16-3-5-18(6-4-16)35-12-11-29/h3-8,10,14-15,31H,2,9,11-13,29H2,1H3. The maximum Gasteiger partial charge on any atom is 0.232 e. The Balaban J connectivity index is 1.65. The molecule has 0 fully saturated rings. The van der Waals surface area contributed by atoms with E-state index in [-0.39, 0.29) is 11.3 Å². The summed E-state index contributed by atoms with van der Waals surface area (Å²) in [6, 6.07) is 11.5. The number of aromatic nitrogens is 1. The molecular weight excluding hydrogens is 504 g/mol. The van der Waals surface area contributed by atoms with E-state index >= 15 is 4.39 Å². The van der Waals surface area contributed by atoms with Gasteiger partial charge in [-0.2, -0.15) is 0 Å². The predicted molar refractivity (Wildman–Crippen MR) is 140 cm³/mol. The van der Waals surface area contributed by atoms with Crippen LogP contribution < -0.4 is 10.5 Å². The number of hydrogen-bond donors (Lipinski definition) is 2. The molecule has 3 aromatic rings. The maximum atomic E-state index is 15.2. The first-order chi connectivity index (χ1) is 17.2. The highest BCUT2D eigenvalue weighted by Gasteiger charge is 2.29. The maximum absolute atomic E-state index is 15.2. The zero-order valence-corrected chi connectivity index (χ0v) is 21.2. The third kappa shape index (κ3) is 5.50. The van der Waals surface area contributed by atoms with Crippen LogP contribution in [-0.4, -0.2) is 37.2 Å². The summed E-state index contributed by atoms with van der Waals surface area (Å²) < 4.78 is 56.2. The first-order valence-corrected chi connectivity index (χ1v) is 14.0. The van der Waals surface area contributed by atoms with Crippen LogP contribution in [0.1, 0.15) is 35.0 Å². The lowest BCUT2D eigenvalue weighted by molar-refractivity contribution is 0.104. The van der Waals surface area contributed by atoms with E-state index in [2.05, 4.69) is 9.71 Å². The van der Waals surface area contributed by atoms with E-state index in [1.54, 1.807) is 37.0 Å². The molecule has 10 heteroatoms. The SMILES string of the molecule is CCCS(=O)(=O)Nc1ccc(F)c(C(=O)C2=CCc3ncc(-c4ccc(SCCN)cc4)cc32)c1F. The molecule has 0 bridgehead atoms. The van der Waals surface area contributed by atoms with Gasteiger partial charge >= 0.3 is 0 Å². The van der Waals surface area contributed by atoms with E-state index in [9.17, 15) is 17.6 Å². The molecule has 1 heterocycles. The largest absolute Gasteiger partial charge is 0.330 e. The lowest BCUT2D eigenvalue weighted by Gasteiger charge is -2.13. The molecule has 6 nitrogen and oxygen atoms in total. The van der Waals surface area contributed by atoms with Crippen LogP contribution in [0.3, 0.4) is 0 Å². The topological polar surface area (TPSA) is 102 Å². The van der Waals surface area contributed by atoms with Gasteiger partial charge in [0.25, 0.3) is 0 Å². The van der Waals surface area contributed by atoms with E-state index in [0.29, 0.717) is 30.6 Å². The van der Waals surface area contributed by atoms with Gasteiger partial charge in [-0.15, -0.1) is 11.8 Å². The third-order valence-corrected chi connectivity index (χ3v) is 8.16. The predicted octanol–water partition coefficient (Wildman–Crippen LogP) is 5.05. The highest BCUT2D eigenvalue weighted by Crippen LogP contribution is 2.35. The molecule has 36 heavy (non-hydrogen) atoms. The van der Waals surface area contributed by atoms with Gasteiger partial charge in [0.15, 0.2) is 11.6 Å². The molecule has 1 aliphatic carbocycles. The molecule has 4 rings (SSSR count). The van der Waals surface area contributed by atoms with Crippen molar-refractivity contribution in [3.8, 4) is 11.1 Å². The highest BCUT2D eigenvalue weighted by molar-refractivity contribution is 7.99. The number of nitrogens with two attached hydrogens (primary N) is 1. The molecule has 3 N–H and O–H groups in total. The van der Waals surface area contributed by atoms with E-state index in [4.69, 9.17) is 5.73 Å². The van der Waals surface area contributed by atoms with Crippen molar-refractivity contribution in [1.29, 1.82) is 0 Å². The van der Waals surface area contributed by atoms with E-state index in [1.165, 1.54) is 0 Å². The number of allylic oxidation sites excluding steroid dienone is 2. The van der Waals surface area contributed by atoms with E-state index in [0.717, 1.165) is 33.9 Å². The molecule has 1 aromatic heterocycles. The summed E-state index contributed by atoms with van der Waals surface area (Å²) in [6.45, 7) is 2.25. The van der Waals surface area contributed by atoms with Crippen molar-refractivity contribution >= 4 is 38.8 Å². The second-order valence-corrected chi connectivity index (χ2v) is 11.2. The number of Topliss-reactive ketones (excluding diaryl/α,β-unsaturated/α-hetero) is 1. The Labute approximate surface area is 213 Å². The number of nitrogens with one attached hydrogen (secondary N) is 1. The molecule has 188 valence electrons. The Hall–Kier alpha value is -3.08. The molecule has 0 aliphatic heterocycles. The molecule has 1 aliphatic rings. The third-order valence-electron chi connectivity index (χ3n) is 5.64. The van der Waals surface area contributed by atoms with Crippen LogP contribution in [0.4, 0.5) is 14.5 Å². The number of pyridine rings is 1. The fourth-order valence-electron chi connectivity index (χ4n) is 3.95. The van der Waals surface area contributed by atoms with Crippen molar-refractivity contribution in [1.82, 2.24) is 4.98 Å². The second-order valence-electron chi connectivity index (χ2n) is 8.24. The summed E-state index contributed by atoms with van der Waals surface area (Å²) >= 11 is 1.65. The van der Waals surface area contributed by atoms with Crippen molar-refractivity contribution < 1.29 is 22.0 Å². The normalized spacial score (nSPS) is 12.8. The molecule has 0 unspecified atom stereocenters. The lowest BCUT2D eigenvalue weighted by atomic mass is 9.96. The minimum Gasteiger partial charge on any atom is -0.330 e. The summed E-state index contributed by atoms with van der Waals surface area (Å²) in [5.41, 5.74) is 7.16. The Kier molecular flexibility index (Phi) is 7.87. The molecule has 0 spiro atoms. The number of nitrogens with zero attached hydrogens (tertiary/aromatic N) is 1. The minimum absolute atomic E-state index is 0.126. The Morgan fingerprint density at radius 2 is 1.89 bits per heavy atom. The number of rotatable bonds is 10. The number of anilines is 1. The number of thioether (sulfide) groups is 1. The van der Waals surface area contributed by atoms with Gasteiger partial charge in [-0.3, -0.25) is 14.5 Å². The van der Waals surface area contributed by atoms with Gasteiger partial charge < -0.3 is 5.73 Å². The monoisotopic (exact) mass is 529 g/mol. The lowest BCUT2D eigenvalue weighted by Crippen LogP contribution is -2.18. The number of fused-ring (bicyclic) bond motifs is 1. The first-order valence-electron chi connectivity index (χ1n) is 11.4. The fourth-order valence-corrected chi connectivity index (χ4v) is 5.77. The average molecular weight is 530 g/mol. The number of ketones is 1. The van der Waals surface area contributed by atoms with Gasteiger partial charge in [-0.25, -0.2) is 17.2 Å². The van der Waals surface area contributed by atoms with Gasteiger partial charge in [0.2, 0.25) is 10.0 Å². The number of carbonyl (C=O) groups excluding carboxylic acids is 1. The number of sulfonamides is 1. The van der Waals surface area contributed by atoms with Gasteiger partial charge in [0.05, 0.1) is 22.7 Å². The summed E-state index contributed by atoms with van der Waals surface area (Å²) in [7, 11) is -3.83. The van der Waals surface area contributed by atoms with Crippen LogP contribution in [0.2, 0.25) is 0 Å². The van der Waals surface area contributed by atoms with Crippen molar-refractivity contribution in [3.05, 3.63) is 83.2 Å². The Morgan fingerprint density at radius 1 is 1.14 bits per heavy atom. The number of benzene rings is 2. The number of hydrogen-bond acceptors (Lipinski definition) is 6. The molecule has 0 saturated heterocycles. The average Bonchev–Trinajstić information content (AvgIpc) is 3.28. The molecular formula is C26H25F2N3O3S2. The number of halogens is 2. The summed E-state index contributed by atoms with van der Waals surface area (Å²) in [6.07, 6.45) is 3.95. The second kappa shape index (κ2) is 10.9. The number of carbonyl (C=O) groups is 1. The van der Waals surface area contributed by atoms with Crippen LogP contribution in [0.5, 0.6) is 0 Å².